The summed E-state index contributed by atoms with van der Waals surface area (Å²) in [6.45, 7) is 3.18. The smallest absolute Gasteiger partial charge is 0.121 e. The van der Waals surface area contributed by atoms with Crippen molar-refractivity contribution in [1.29, 1.82) is 0 Å². The van der Waals surface area contributed by atoms with Crippen LogP contribution < -0.4 is 5.32 Å². The Morgan fingerprint density at radius 3 is 2.67 bits per heavy atom. The van der Waals surface area contributed by atoms with E-state index in [1.165, 1.54) is 16.3 Å². The number of benzene rings is 2. The van der Waals surface area contributed by atoms with E-state index in [1.54, 1.807) is 6.26 Å². The number of fused-ring (bicyclic) bond motifs is 1. The number of hydrogen-bond acceptors (Lipinski definition) is 2. The Morgan fingerprint density at radius 2 is 1.86 bits per heavy atom. The van der Waals surface area contributed by atoms with Crippen LogP contribution in [0.1, 0.15) is 30.7 Å². The molecule has 108 valence electrons. The lowest BCUT2D eigenvalue weighted by Crippen LogP contribution is -2.23. The second-order valence-electron chi connectivity index (χ2n) is 5.36. The zero-order valence-corrected chi connectivity index (χ0v) is 12.4. The number of nitrogens with one attached hydrogen (secondary N) is 1. The summed E-state index contributed by atoms with van der Waals surface area (Å²) in [5.74, 6) is 1.01. The van der Waals surface area contributed by atoms with Gasteiger partial charge in [-0.3, -0.25) is 0 Å². The van der Waals surface area contributed by atoms with E-state index >= 15 is 0 Å². The van der Waals surface area contributed by atoms with Crippen LogP contribution in [0.5, 0.6) is 0 Å². The van der Waals surface area contributed by atoms with Gasteiger partial charge in [-0.2, -0.15) is 0 Å². The monoisotopic (exact) mass is 279 g/mol. The van der Waals surface area contributed by atoms with Crippen molar-refractivity contribution >= 4 is 10.8 Å². The third-order valence-corrected chi connectivity index (χ3v) is 3.83. The first kappa shape index (κ1) is 13.9. The normalized spacial score (nSPS) is 12.6. The lowest BCUT2D eigenvalue weighted by Gasteiger charge is -2.17. The average molecular weight is 279 g/mol. The Kier molecular flexibility index (Phi) is 4.37. The van der Waals surface area contributed by atoms with Crippen LogP contribution in [0.2, 0.25) is 0 Å². The van der Waals surface area contributed by atoms with Crippen molar-refractivity contribution in [2.45, 2.75) is 25.8 Å². The number of furan rings is 1. The Hall–Kier alpha value is -2.06. The molecule has 0 spiro atoms. The van der Waals surface area contributed by atoms with Gasteiger partial charge in [-0.15, -0.1) is 0 Å². The van der Waals surface area contributed by atoms with Crippen molar-refractivity contribution in [3.8, 4) is 0 Å². The molecule has 2 nitrogen and oxygen atoms in total. The molecule has 0 fully saturated rings. The van der Waals surface area contributed by atoms with E-state index in [9.17, 15) is 0 Å². The van der Waals surface area contributed by atoms with E-state index in [0.717, 1.165) is 25.1 Å². The molecular weight excluding hydrogens is 258 g/mol. The minimum absolute atomic E-state index is 0.228. The lowest BCUT2D eigenvalue weighted by atomic mass is 9.97. The van der Waals surface area contributed by atoms with Crippen molar-refractivity contribution in [3.05, 3.63) is 72.2 Å². The van der Waals surface area contributed by atoms with Gasteiger partial charge < -0.3 is 9.73 Å². The van der Waals surface area contributed by atoms with Gasteiger partial charge in [-0.05, 0) is 47.9 Å². The molecule has 2 heteroatoms. The zero-order valence-electron chi connectivity index (χ0n) is 12.4. The van der Waals surface area contributed by atoms with Crippen LogP contribution in [0.4, 0.5) is 0 Å². The fourth-order valence-corrected chi connectivity index (χ4v) is 2.77. The highest BCUT2D eigenvalue weighted by Gasteiger charge is 2.15. The topological polar surface area (TPSA) is 25.2 Å². The Labute approximate surface area is 125 Å². The summed E-state index contributed by atoms with van der Waals surface area (Å²) in [7, 11) is 0. The molecule has 3 rings (SSSR count). The Bertz CT molecular complexity index is 682. The third kappa shape index (κ3) is 3.17. The SMILES string of the molecule is CCCNC(Cc1cccc2ccccc12)c1ccco1. The molecule has 0 saturated carbocycles. The van der Waals surface area contributed by atoms with Crippen LogP contribution in [0.15, 0.2) is 65.3 Å². The number of rotatable bonds is 6. The van der Waals surface area contributed by atoms with Crippen molar-refractivity contribution in [3.63, 3.8) is 0 Å². The van der Waals surface area contributed by atoms with Crippen LogP contribution in [0.25, 0.3) is 10.8 Å². The van der Waals surface area contributed by atoms with Gasteiger partial charge in [0.15, 0.2) is 0 Å². The molecule has 2 aromatic carbocycles. The van der Waals surface area contributed by atoms with E-state index in [0.29, 0.717) is 0 Å². The van der Waals surface area contributed by atoms with E-state index in [2.05, 4.69) is 60.8 Å². The Morgan fingerprint density at radius 1 is 1.00 bits per heavy atom. The molecule has 0 saturated heterocycles. The summed E-state index contributed by atoms with van der Waals surface area (Å²) in [5.41, 5.74) is 1.36. The maximum absolute atomic E-state index is 5.61. The van der Waals surface area contributed by atoms with Crippen LogP contribution in [-0.4, -0.2) is 6.54 Å². The Balaban J connectivity index is 1.90. The molecular formula is C19H21NO. The van der Waals surface area contributed by atoms with Crippen LogP contribution >= 0.6 is 0 Å². The maximum atomic E-state index is 5.61. The average Bonchev–Trinajstić information content (AvgIpc) is 3.06. The van der Waals surface area contributed by atoms with Gasteiger partial charge >= 0.3 is 0 Å². The van der Waals surface area contributed by atoms with Crippen molar-refractivity contribution in [2.24, 2.45) is 0 Å². The maximum Gasteiger partial charge on any atom is 0.121 e. The minimum atomic E-state index is 0.228. The second kappa shape index (κ2) is 6.59. The molecule has 1 aromatic heterocycles. The number of hydrogen-bond donors (Lipinski definition) is 1. The highest BCUT2D eigenvalue weighted by Crippen LogP contribution is 2.25. The first-order valence-corrected chi connectivity index (χ1v) is 7.62. The zero-order chi connectivity index (χ0) is 14.5. The third-order valence-electron chi connectivity index (χ3n) is 3.83. The standard InChI is InChI=1S/C19H21NO/c1-2-12-20-18(19-11-6-13-21-19)14-16-9-5-8-15-7-3-4-10-17(15)16/h3-11,13,18,20H,2,12,14H2,1H3. The minimum Gasteiger partial charge on any atom is -0.468 e. The molecule has 1 atom stereocenters. The van der Waals surface area contributed by atoms with Crippen LogP contribution in [-0.2, 0) is 6.42 Å². The highest BCUT2D eigenvalue weighted by atomic mass is 16.3. The summed E-state index contributed by atoms with van der Waals surface area (Å²) in [6.07, 6.45) is 3.81. The molecule has 0 amide bonds. The fourth-order valence-electron chi connectivity index (χ4n) is 2.77. The molecule has 0 bridgehead atoms. The van der Waals surface area contributed by atoms with Crippen LogP contribution in [0, 0.1) is 0 Å². The summed E-state index contributed by atoms with van der Waals surface area (Å²) < 4.78 is 5.61. The fraction of sp³-hybridized carbons (Fsp3) is 0.263. The van der Waals surface area contributed by atoms with Gasteiger partial charge in [0, 0.05) is 0 Å². The van der Waals surface area contributed by atoms with Gasteiger partial charge in [0.25, 0.3) is 0 Å². The summed E-state index contributed by atoms with van der Waals surface area (Å²) >= 11 is 0. The van der Waals surface area contributed by atoms with E-state index in [-0.39, 0.29) is 6.04 Å². The first-order chi connectivity index (χ1) is 10.4. The predicted octanol–water partition coefficient (Wildman–Crippen LogP) is 4.72. The highest BCUT2D eigenvalue weighted by molar-refractivity contribution is 5.85. The first-order valence-electron chi connectivity index (χ1n) is 7.62. The quantitative estimate of drug-likeness (QED) is 0.706. The lowest BCUT2D eigenvalue weighted by molar-refractivity contribution is 0.411. The molecule has 1 unspecified atom stereocenters. The van der Waals surface area contributed by atoms with Gasteiger partial charge in [-0.25, -0.2) is 0 Å². The van der Waals surface area contributed by atoms with E-state index in [1.807, 2.05) is 6.07 Å². The van der Waals surface area contributed by atoms with Gasteiger partial charge in [-0.1, -0.05) is 49.4 Å². The van der Waals surface area contributed by atoms with Gasteiger partial charge in [0.05, 0.1) is 12.3 Å². The molecule has 0 aliphatic carbocycles. The van der Waals surface area contributed by atoms with Crippen molar-refractivity contribution in [1.82, 2.24) is 5.32 Å². The summed E-state index contributed by atoms with van der Waals surface area (Å²) in [4.78, 5) is 0. The molecule has 1 heterocycles. The van der Waals surface area contributed by atoms with E-state index < -0.39 is 0 Å². The van der Waals surface area contributed by atoms with Gasteiger partial charge in [0.1, 0.15) is 5.76 Å². The van der Waals surface area contributed by atoms with Gasteiger partial charge in [0.2, 0.25) is 0 Å². The predicted molar refractivity (Wildman–Crippen MR) is 87.4 cm³/mol. The largest absolute Gasteiger partial charge is 0.468 e. The summed E-state index contributed by atoms with van der Waals surface area (Å²) in [5, 5.41) is 6.21. The molecule has 0 aliphatic rings. The summed E-state index contributed by atoms with van der Waals surface area (Å²) in [6, 6.07) is 19.3. The molecule has 21 heavy (non-hydrogen) atoms. The molecule has 0 radical (unpaired) electrons. The molecule has 0 aliphatic heterocycles. The van der Waals surface area contributed by atoms with Crippen LogP contribution in [0.3, 0.4) is 0 Å². The molecule has 3 aromatic rings. The van der Waals surface area contributed by atoms with Crippen molar-refractivity contribution in [2.75, 3.05) is 6.54 Å². The molecule has 1 N–H and O–H groups in total. The van der Waals surface area contributed by atoms with Crippen molar-refractivity contribution < 1.29 is 4.42 Å². The second-order valence-corrected chi connectivity index (χ2v) is 5.36. The van der Waals surface area contributed by atoms with E-state index in [4.69, 9.17) is 4.42 Å².